The van der Waals surface area contributed by atoms with Gasteiger partial charge < -0.3 is 9.40 Å². The van der Waals surface area contributed by atoms with Gasteiger partial charge in [0.2, 0.25) is 5.71 Å². The number of fused-ring (bicyclic) bond motifs is 1. The van der Waals surface area contributed by atoms with Gasteiger partial charge in [0.1, 0.15) is 5.39 Å². The lowest BCUT2D eigenvalue weighted by atomic mass is 10.2. The van der Waals surface area contributed by atoms with Crippen LogP contribution in [0.3, 0.4) is 0 Å². The first-order valence-corrected chi connectivity index (χ1v) is 4.09. The Balaban J connectivity index is 2.94. The number of rotatable bonds is 1. The summed E-state index contributed by atoms with van der Waals surface area (Å²) in [5.41, 5.74) is 0.460. The van der Waals surface area contributed by atoms with E-state index in [-0.39, 0.29) is 22.8 Å². The molecule has 0 fully saturated rings. The normalized spacial score (nSPS) is 10.7. The lowest BCUT2D eigenvalue weighted by Crippen LogP contribution is -2.05. The van der Waals surface area contributed by atoms with Gasteiger partial charge >= 0.3 is 0 Å². The number of carbonyl (C=O) groups is 1. The van der Waals surface area contributed by atoms with Crippen LogP contribution in [-0.4, -0.2) is 15.8 Å². The van der Waals surface area contributed by atoms with Crippen molar-refractivity contribution >= 4 is 16.9 Å². The minimum Gasteiger partial charge on any atom is -0.434 e. The molecular weight excluding hydrogens is 184 g/mol. The lowest BCUT2D eigenvalue weighted by molar-refractivity contribution is 0.0988. The van der Waals surface area contributed by atoms with Crippen molar-refractivity contribution in [3.63, 3.8) is 0 Å². The zero-order valence-corrected chi connectivity index (χ0v) is 7.75. The molecule has 0 bridgehead atoms. The van der Waals surface area contributed by atoms with E-state index in [0.29, 0.717) is 10.9 Å². The standard InChI is InChI=1S/C9H8N2O3/c1-4-6-8(13)10-3-11-9(6)14-7(4)5(2)12/h3H,1-2H3,(H,10,11,13). The van der Waals surface area contributed by atoms with E-state index in [2.05, 4.69) is 9.97 Å². The summed E-state index contributed by atoms with van der Waals surface area (Å²) in [5.74, 6) is -0.0101. The second-order valence-electron chi connectivity index (χ2n) is 3.02. The molecule has 2 aromatic rings. The highest BCUT2D eigenvalue weighted by atomic mass is 16.4. The van der Waals surface area contributed by atoms with Gasteiger partial charge in [0, 0.05) is 12.5 Å². The van der Waals surface area contributed by atoms with Crippen LogP contribution in [0.2, 0.25) is 0 Å². The maximum Gasteiger partial charge on any atom is 0.262 e. The van der Waals surface area contributed by atoms with Gasteiger partial charge in [-0.1, -0.05) is 0 Å². The third-order valence-electron chi connectivity index (χ3n) is 2.05. The highest BCUT2D eigenvalue weighted by molar-refractivity contribution is 5.97. The van der Waals surface area contributed by atoms with Gasteiger partial charge in [-0.15, -0.1) is 0 Å². The number of nitrogens with zero attached hydrogens (tertiary/aromatic N) is 1. The van der Waals surface area contributed by atoms with Crippen LogP contribution in [0.1, 0.15) is 23.0 Å². The molecule has 0 aliphatic heterocycles. The molecule has 0 saturated carbocycles. The van der Waals surface area contributed by atoms with E-state index in [1.165, 1.54) is 13.3 Å². The summed E-state index contributed by atoms with van der Waals surface area (Å²) in [6.07, 6.45) is 1.25. The molecule has 1 N–H and O–H groups in total. The van der Waals surface area contributed by atoms with E-state index in [1.54, 1.807) is 6.92 Å². The van der Waals surface area contributed by atoms with Gasteiger partial charge in [-0.05, 0) is 6.92 Å². The van der Waals surface area contributed by atoms with Crippen LogP contribution in [-0.2, 0) is 0 Å². The molecule has 72 valence electrons. The highest BCUT2D eigenvalue weighted by Crippen LogP contribution is 2.19. The van der Waals surface area contributed by atoms with Crippen LogP contribution in [0, 0.1) is 6.92 Å². The number of hydrogen-bond donors (Lipinski definition) is 1. The Morgan fingerprint density at radius 1 is 1.57 bits per heavy atom. The maximum absolute atomic E-state index is 11.4. The van der Waals surface area contributed by atoms with Gasteiger partial charge in [0.05, 0.1) is 6.33 Å². The lowest BCUT2D eigenvalue weighted by Gasteiger charge is -1.87. The predicted octanol–water partition coefficient (Wildman–Crippen LogP) is 1.03. The number of furan rings is 1. The molecule has 0 spiro atoms. The van der Waals surface area contributed by atoms with Gasteiger partial charge in [-0.3, -0.25) is 9.59 Å². The van der Waals surface area contributed by atoms with Crippen molar-refractivity contribution in [3.8, 4) is 0 Å². The molecule has 0 amide bonds. The third-order valence-corrected chi connectivity index (χ3v) is 2.05. The number of aryl methyl sites for hydroxylation is 1. The first kappa shape index (κ1) is 8.68. The van der Waals surface area contributed by atoms with Crippen molar-refractivity contribution < 1.29 is 9.21 Å². The van der Waals surface area contributed by atoms with E-state index in [9.17, 15) is 9.59 Å². The molecule has 2 aromatic heterocycles. The number of ketones is 1. The summed E-state index contributed by atoms with van der Waals surface area (Å²) >= 11 is 0. The summed E-state index contributed by atoms with van der Waals surface area (Å²) in [4.78, 5) is 28.7. The van der Waals surface area contributed by atoms with E-state index < -0.39 is 0 Å². The van der Waals surface area contributed by atoms with E-state index in [1.807, 2.05) is 0 Å². The fraction of sp³-hybridized carbons (Fsp3) is 0.222. The molecule has 0 aliphatic rings. The molecule has 5 nitrogen and oxygen atoms in total. The van der Waals surface area contributed by atoms with Gasteiger partial charge in [-0.25, -0.2) is 4.98 Å². The predicted molar refractivity (Wildman–Crippen MR) is 49.4 cm³/mol. The Bertz CT molecular complexity index is 565. The fourth-order valence-electron chi connectivity index (χ4n) is 1.41. The van der Waals surface area contributed by atoms with Crippen molar-refractivity contribution in [2.45, 2.75) is 13.8 Å². The van der Waals surface area contributed by atoms with Crippen molar-refractivity contribution in [2.24, 2.45) is 0 Å². The van der Waals surface area contributed by atoms with Crippen molar-refractivity contribution in [3.05, 3.63) is 28.0 Å². The molecule has 0 unspecified atom stereocenters. The van der Waals surface area contributed by atoms with Gasteiger partial charge in [-0.2, -0.15) is 0 Å². The Morgan fingerprint density at radius 2 is 2.29 bits per heavy atom. The smallest absolute Gasteiger partial charge is 0.262 e. The molecule has 2 rings (SSSR count). The third kappa shape index (κ3) is 1.06. The van der Waals surface area contributed by atoms with Crippen LogP contribution in [0.4, 0.5) is 0 Å². The Hall–Kier alpha value is -1.91. The largest absolute Gasteiger partial charge is 0.434 e. The van der Waals surface area contributed by atoms with Crippen LogP contribution >= 0.6 is 0 Å². The number of nitrogens with one attached hydrogen (secondary N) is 1. The Kier molecular flexibility index (Phi) is 1.73. The van der Waals surface area contributed by atoms with Crippen LogP contribution in [0.15, 0.2) is 15.5 Å². The topological polar surface area (TPSA) is 76.0 Å². The van der Waals surface area contributed by atoms with E-state index in [0.717, 1.165) is 0 Å². The van der Waals surface area contributed by atoms with Crippen molar-refractivity contribution in [2.75, 3.05) is 0 Å². The summed E-state index contributed by atoms with van der Waals surface area (Å²) in [5, 5.41) is 0.345. The molecular formula is C9H8N2O3. The molecule has 14 heavy (non-hydrogen) atoms. The maximum atomic E-state index is 11.4. The second-order valence-corrected chi connectivity index (χ2v) is 3.02. The molecule has 0 aromatic carbocycles. The Morgan fingerprint density at radius 3 is 2.86 bits per heavy atom. The number of Topliss-reactive ketones (excluding diaryl/α,β-unsaturated/α-hetero) is 1. The first-order valence-electron chi connectivity index (χ1n) is 4.09. The zero-order chi connectivity index (χ0) is 10.3. The van der Waals surface area contributed by atoms with Crippen molar-refractivity contribution in [1.29, 1.82) is 0 Å². The van der Waals surface area contributed by atoms with Crippen molar-refractivity contribution in [1.82, 2.24) is 9.97 Å². The number of aromatic nitrogens is 2. The summed E-state index contributed by atoms with van der Waals surface area (Å²) in [6, 6.07) is 0. The highest BCUT2D eigenvalue weighted by Gasteiger charge is 2.16. The van der Waals surface area contributed by atoms with Gasteiger partial charge in [0.25, 0.3) is 5.56 Å². The molecule has 0 aliphatic carbocycles. The monoisotopic (exact) mass is 192 g/mol. The molecule has 2 heterocycles. The number of aromatic amines is 1. The average molecular weight is 192 g/mol. The summed E-state index contributed by atoms with van der Waals surface area (Å²) in [7, 11) is 0. The van der Waals surface area contributed by atoms with E-state index in [4.69, 9.17) is 4.42 Å². The quantitative estimate of drug-likeness (QED) is 0.684. The van der Waals surface area contributed by atoms with E-state index >= 15 is 0 Å². The number of H-pyrrole nitrogens is 1. The number of hydrogen-bond acceptors (Lipinski definition) is 4. The zero-order valence-electron chi connectivity index (χ0n) is 7.75. The first-order chi connectivity index (χ1) is 6.61. The fourth-order valence-corrected chi connectivity index (χ4v) is 1.41. The summed E-state index contributed by atoms with van der Waals surface area (Å²) < 4.78 is 5.16. The second kappa shape index (κ2) is 2.80. The Labute approximate surface area is 78.8 Å². The van der Waals surface area contributed by atoms with Crippen LogP contribution in [0.5, 0.6) is 0 Å². The van der Waals surface area contributed by atoms with Crippen LogP contribution < -0.4 is 5.56 Å². The molecule has 0 saturated heterocycles. The minimum atomic E-state index is -0.288. The minimum absolute atomic E-state index is 0.198. The molecule has 5 heteroatoms. The number of carbonyl (C=O) groups excluding carboxylic acids is 1. The molecule has 0 radical (unpaired) electrons. The SMILES string of the molecule is CC(=O)c1oc2nc[nH]c(=O)c2c1C. The van der Waals surface area contributed by atoms with Crippen LogP contribution in [0.25, 0.3) is 11.1 Å². The average Bonchev–Trinajstić information content (AvgIpc) is 2.45. The van der Waals surface area contributed by atoms with Gasteiger partial charge in [0.15, 0.2) is 11.5 Å². The molecule has 0 atom stereocenters. The summed E-state index contributed by atoms with van der Waals surface area (Å²) in [6.45, 7) is 3.05.